The second kappa shape index (κ2) is 6.60. The van der Waals surface area contributed by atoms with Crippen molar-refractivity contribution in [1.82, 2.24) is 20.0 Å². The molecule has 27 heavy (non-hydrogen) atoms. The largest absolute Gasteiger partial charge is 0.486 e. The smallest absolute Gasteiger partial charge is 0.184 e. The molecule has 0 saturated carbocycles. The Kier molecular flexibility index (Phi) is 3.82. The first-order valence-corrected chi connectivity index (χ1v) is 8.76. The zero-order chi connectivity index (χ0) is 18.1. The Labute approximate surface area is 155 Å². The first-order chi connectivity index (χ1) is 13.4. The van der Waals surface area contributed by atoms with Gasteiger partial charge in [-0.05, 0) is 34.2 Å². The summed E-state index contributed by atoms with van der Waals surface area (Å²) >= 11 is 0. The Balaban J connectivity index is 1.45. The second-order valence-corrected chi connectivity index (χ2v) is 6.28. The number of fused-ring (bicyclic) bond motifs is 2. The summed E-state index contributed by atoms with van der Waals surface area (Å²) in [4.78, 5) is 0. The van der Waals surface area contributed by atoms with Crippen molar-refractivity contribution in [2.45, 2.75) is 6.54 Å². The van der Waals surface area contributed by atoms with Crippen LogP contribution in [-0.4, -0.2) is 33.3 Å². The Morgan fingerprint density at radius 2 is 1.78 bits per heavy atom. The Morgan fingerprint density at radius 1 is 0.926 bits per heavy atom. The number of aromatic nitrogens is 4. The summed E-state index contributed by atoms with van der Waals surface area (Å²) in [5.74, 6) is 1.54. The normalized spacial score (nSPS) is 12.9. The molecule has 1 aliphatic heterocycles. The molecule has 7 heteroatoms. The van der Waals surface area contributed by atoms with Gasteiger partial charge in [-0.3, -0.25) is 0 Å². The minimum absolute atomic E-state index is 0.571. The van der Waals surface area contributed by atoms with Crippen molar-refractivity contribution in [2.75, 3.05) is 18.5 Å². The number of nitrogens with zero attached hydrogens (tertiary/aromatic N) is 4. The molecule has 4 aromatic rings. The van der Waals surface area contributed by atoms with Crippen LogP contribution in [0, 0.1) is 0 Å². The third-order valence-electron chi connectivity index (χ3n) is 4.50. The van der Waals surface area contributed by atoms with Gasteiger partial charge in [0.1, 0.15) is 13.2 Å². The molecule has 2 aromatic heterocycles. The number of nitrogens with one attached hydrogen (secondary N) is 1. The molecule has 1 aliphatic rings. The first kappa shape index (κ1) is 15.6. The summed E-state index contributed by atoms with van der Waals surface area (Å²) in [6, 6.07) is 18.2. The van der Waals surface area contributed by atoms with Crippen molar-refractivity contribution < 1.29 is 9.47 Å². The van der Waals surface area contributed by atoms with Crippen LogP contribution < -0.4 is 14.8 Å². The molecule has 5 rings (SSSR count). The van der Waals surface area contributed by atoms with Gasteiger partial charge >= 0.3 is 0 Å². The molecule has 134 valence electrons. The van der Waals surface area contributed by atoms with Gasteiger partial charge in [0, 0.05) is 35.6 Å². The molecule has 0 atom stereocenters. The van der Waals surface area contributed by atoms with Crippen LogP contribution in [0.15, 0.2) is 60.8 Å². The van der Waals surface area contributed by atoms with Gasteiger partial charge in [0.2, 0.25) is 0 Å². The maximum absolute atomic E-state index is 5.65. The van der Waals surface area contributed by atoms with Gasteiger partial charge < -0.3 is 14.8 Å². The highest BCUT2D eigenvalue weighted by Crippen LogP contribution is 2.33. The van der Waals surface area contributed by atoms with Crippen LogP contribution in [0.25, 0.3) is 16.8 Å². The van der Waals surface area contributed by atoms with E-state index in [1.54, 1.807) is 4.52 Å². The van der Waals surface area contributed by atoms with E-state index in [0.29, 0.717) is 19.8 Å². The first-order valence-electron chi connectivity index (χ1n) is 8.76. The minimum atomic E-state index is 0.571. The maximum Gasteiger partial charge on any atom is 0.184 e. The van der Waals surface area contributed by atoms with Crippen molar-refractivity contribution in [3.63, 3.8) is 0 Å². The lowest BCUT2D eigenvalue weighted by Gasteiger charge is -2.19. The number of hydrogen-bond acceptors (Lipinski definition) is 6. The lowest BCUT2D eigenvalue weighted by atomic mass is 10.1. The van der Waals surface area contributed by atoms with E-state index in [1.807, 2.05) is 42.6 Å². The predicted molar refractivity (Wildman–Crippen MR) is 101 cm³/mol. The van der Waals surface area contributed by atoms with Crippen LogP contribution in [-0.2, 0) is 6.54 Å². The highest BCUT2D eigenvalue weighted by molar-refractivity contribution is 5.67. The average Bonchev–Trinajstić information content (AvgIpc) is 3.21. The monoisotopic (exact) mass is 359 g/mol. The number of anilines is 1. The number of ether oxygens (including phenoxy) is 2. The molecule has 2 aromatic carbocycles. The zero-order valence-electron chi connectivity index (χ0n) is 14.5. The quantitative estimate of drug-likeness (QED) is 0.603. The van der Waals surface area contributed by atoms with Crippen LogP contribution in [0.2, 0.25) is 0 Å². The van der Waals surface area contributed by atoms with Crippen LogP contribution in [0.1, 0.15) is 5.56 Å². The molecule has 0 aliphatic carbocycles. The van der Waals surface area contributed by atoms with Crippen molar-refractivity contribution in [2.24, 2.45) is 0 Å². The molecule has 0 unspecified atom stereocenters. The summed E-state index contributed by atoms with van der Waals surface area (Å²) < 4.78 is 12.9. The molecular weight excluding hydrogens is 342 g/mol. The van der Waals surface area contributed by atoms with Crippen LogP contribution in [0.5, 0.6) is 11.5 Å². The van der Waals surface area contributed by atoms with E-state index in [0.717, 1.165) is 39.5 Å². The molecule has 0 bridgehead atoms. The van der Waals surface area contributed by atoms with E-state index in [4.69, 9.17) is 9.47 Å². The fourth-order valence-electron chi connectivity index (χ4n) is 3.18. The lowest BCUT2D eigenvalue weighted by molar-refractivity contribution is 0.171. The number of benzene rings is 2. The van der Waals surface area contributed by atoms with Gasteiger partial charge in [-0.1, -0.05) is 30.3 Å². The van der Waals surface area contributed by atoms with E-state index >= 15 is 0 Å². The third-order valence-corrected chi connectivity index (χ3v) is 4.50. The van der Waals surface area contributed by atoms with Gasteiger partial charge in [-0.2, -0.15) is 4.52 Å². The minimum Gasteiger partial charge on any atom is -0.486 e. The molecule has 0 saturated heterocycles. The summed E-state index contributed by atoms with van der Waals surface area (Å²) in [6.07, 6.45) is 1.94. The summed E-state index contributed by atoms with van der Waals surface area (Å²) in [5.41, 5.74) is 4.89. The highest BCUT2D eigenvalue weighted by atomic mass is 16.6. The van der Waals surface area contributed by atoms with E-state index in [9.17, 15) is 0 Å². The van der Waals surface area contributed by atoms with Gasteiger partial charge in [-0.15, -0.1) is 5.10 Å². The second-order valence-electron chi connectivity index (χ2n) is 6.28. The molecule has 1 N–H and O–H groups in total. The van der Waals surface area contributed by atoms with Gasteiger partial charge in [0.15, 0.2) is 17.1 Å². The van der Waals surface area contributed by atoms with E-state index in [-0.39, 0.29) is 0 Å². The Hall–Kier alpha value is -3.61. The summed E-state index contributed by atoms with van der Waals surface area (Å²) in [6.45, 7) is 1.75. The van der Waals surface area contributed by atoms with Crippen molar-refractivity contribution >= 4 is 11.3 Å². The molecule has 0 fully saturated rings. The fraction of sp³-hybridized carbons (Fsp3) is 0.150. The van der Waals surface area contributed by atoms with Gasteiger partial charge in [0.05, 0.1) is 0 Å². The number of hydrogen-bond donors (Lipinski definition) is 1. The SMILES string of the molecule is c1ccc(-c2cc(CNc3ccc4c(c3)OCCO4)c3nnnn3c2)cc1. The number of rotatable bonds is 4. The average molecular weight is 359 g/mol. The summed E-state index contributed by atoms with van der Waals surface area (Å²) in [5, 5.41) is 15.5. The molecule has 0 radical (unpaired) electrons. The zero-order valence-corrected chi connectivity index (χ0v) is 14.5. The Bertz CT molecular complexity index is 1090. The molecular formula is C20H17N5O2. The van der Waals surface area contributed by atoms with Crippen LogP contribution in [0.3, 0.4) is 0 Å². The molecule has 0 spiro atoms. The van der Waals surface area contributed by atoms with E-state index in [2.05, 4.69) is 39.0 Å². The summed E-state index contributed by atoms with van der Waals surface area (Å²) in [7, 11) is 0. The van der Waals surface area contributed by atoms with Crippen molar-refractivity contribution in [1.29, 1.82) is 0 Å². The van der Waals surface area contributed by atoms with Crippen molar-refractivity contribution in [3.8, 4) is 22.6 Å². The van der Waals surface area contributed by atoms with Crippen LogP contribution >= 0.6 is 0 Å². The van der Waals surface area contributed by atoms with E-state index < -0.39 is 0 Å². The highest BCUT2D eigenvalue weighted by Gasteiger charge is 2.13. The number of pyridine rings is 1. The van der Waals surface area contributed by atoms with Gasteiger partial charge in [0.25, 0.3) is 0 Å². The lowest BCUT2D eigenvalue weighted by Crippen LogP contribution is -2.15. The molecule has 0 amide bonds. The third kappa shape index (κ3) is 3.03. The molecule has 3 heterocycles. The van der Waals surface area contributed by atoms with E-state index in [1.165, 1.54) is 0 Å². The predicted octanol–water partition coefficient (Wildman–Crippen LogP) is 3.17. The number of tetrazole rings is 1. The van der Waals surface area contributed by atoms with Crippen LogP contribution in [0.4, 0.5) is 5.69 Å². The van der Waals surface area contributed by atoms with Crippen molar-refractivity contribution in [3.05, 3.63) is 66.4 Å². The maximum atomic E-state index is 5.65. The molecule has 7 nitrogen and oxygen atoms in total. The fourth-order valence-corrected chi connectivity index (χ4v) is 3.18. The van der Waals surface area contributed by atoms with Gasteiger partial charge in [-0.25, -0.2) is 0 Å². The topological polar surface area (TPSA) is 73.6 Å². The Morgan fingerprint density at radius 3 is 2.67 bits per heavy atom. The standard InChI is InChI=1S/C20H17N5O2/c1-2-4-14(5-3-1)16-10-15(20-22-23-24-25(20)13-16)12-21-17-6-7-18-19(11-17)27-9-8-26-18/h1-7,10-11,13,21H,8-9,12H2.